The smallest absolute Gasteiger partial charge is 0.349 e. The van der Waals surface area contributed by atoms with E-state index in [0.717, 1.165) is 0 Å². The first-order valence-electron chi connectivity index (χ1n) is 9.51. The first kappa shape index (κ1) is 21.4. The lowest BCUT2D eigenvalue weighted by molar-refractivity contribution is -0.136. The molecule has 0 heterocycles. The van der Waals surface area contributed by atoms with E-state index in [1.807, 2.05) is 24.3 Å². The molecule has 154 valence electrons. The van der Waals surface area contributed by atoms with Gasteiger partial charge in [0.2, 0.25) is 0 Å². The van der Waals surface area contributed by atoms with E-state index in [4.69, 9.17) is 21.1 Å². The lowest BCUT2D eigenvalue weighted by Crippen LogP contribution is -2.18. The second-order valence-electron chi connectivity index (χ2n) is 6.97. The zero-order chi connectivity index (χ0) is 21.5. The molecule has 0 aromatic heterocycles. The van der Waals surface area contributed by atoms with Crippen molar-refractivity contribution >= 4 is 29.2 Å². The fourth-order valence-corrected chi connectivity index (χ4v) is 2.79. The molecule has 0 radical (unpaired) electrons. The van der Waals surface area contributed by atoms with Gasteiger partial charge in [-0.05, 0) is 72.1 Å². The fraction of sp³-hybridized carbons (Fsp3) is 0.167. The maximum atomic E-state index is 12.3. The van der Waals surface area contributed by atoms with Gasteiger partial charge in [-0.25, -0.2) is 4.79 Å². The van der Waals surface area contributed by atoms with Gasteiger partial charge >= 0.3 is 5.97 Å². The minimum absolute atomic E-state index is 0.209. The number of ether oxygens (including phenoxy) is 2. The number of anilines is 1. The van der Waals surface area contributed by atoms with Crippen LogP contribution in [-0.2, 0) is 4.79 Å². The van der Waals surface area contributed by atoms with Crippen molar-refractivity contribution in [2.24, 2.45) is 0 Å². The van der Waals surface area contributed by atoms with Crippen molar-refractivity contribution in [2.45, 2.75) is 19.8 Å². The predicted molar refractivity (Wildman–Crippen MR) is 118 cm³/mol. The van der Waals surface area contributed by atoms with Gasteiger partial charge in [0.1, 0.15) is 11.5 Å². The van der Waals surface area contributed by atoms with Gasteiger partial charge < -0.3 is 14.8 Å². The number of nitrogens with one attached hydrogen (secondary N) is 1. The standard InChI is InChI=1S/C24H22ClNO4/c1-16(2)17-3-11-21(12-4-17)29-15-23(27)30-22-13-5-18(6-14-22)24(28)26-20-9-7-19(25)8-10-20/h3-14,16H,15H2,1-2H3,(H,26,28). The predicted octanol–water partition coefficient (Wildman–Crippen LogP) is 5.70. The zero-order valence-electron chi connectivity index (χ0n) is 16.7. The third-order valence-corrected chi connectivity index (χ3v) is 4.61. The van der Waals surface area contributed by atoms with Gasteiger partial charge in [0.25, 0.3) is 5.91 Å². The molecule has 3 aromatic rings. The Morgan fingerprint density at radius 1 is 0.867 bits per heavy atom. The molecule has 0 unspecified atom stereocenters. The van der Waals surface area contributed by atoms with Gasteiger partial charge in [-0.15, -0.1) is 0 Å². The van der Waals surface area contributed by atoms with Crippen LogP contribution in [0.4, 0.5) is 5.69 Å². The van der Waals surface area contributed by atoms with Crippen LogP contribution >= 0.6 is 11.6 Å². The summed E-state index contributed by atoms with van der Waals surface area (Å²) in [6, 6.07) is 20.7. The van der Waals surface area contributed by atoms with Crippen LogP contribution in [0.15, 0.2) is 72.8 Å². The Morgan fingerprint density at radius 3 is 2.07 bits per heavy atom. The molecule has 30 heavy (non-hydrogen) atoms. The van der Waals surface area contributed by atoms with Crippen molar-refractivity contribution in [1.29, 1.82) is 0 Å². The highest BCUT2D eigenvalue weighted by Gasteiger charge is 2.10. The highest BCUT2D eigenvalue weighted by atomic mass is 35.5. The van der Waals surface area contributed by atoms with E-state index in [1.165, 1.54) is 5.56 Å². The summed E-state index contributed by atoms with van der Waals surface area (Å²) in [4.78, 5) is 24.3. The van der Waals surface area contributed by atoms with Crippen molar-refractivity contribution in [3.8, 4) is 11.5 Å². The van der Waals surface area contributed by atoms with Crippen molar-refractivity contribution in [3.63, 3.8) is 0 Å². The molecule has 1 amide bonds. The van der Waals surface area contributed by atoms with Gasteiger partial charge in [0.05, 0.1) is 0 Å². The van der Waals surface area contributed by atoms with E-state index in [0.29, 0.717) is 33.7 Å². The summed E-state index contributed by atoms with van der Waals surface area (Å²) < 4.78 is 10.7. The number of halogens is 1. The van der Waals surface area contributed by atoms with E-state index in [-0.39, 0.29) is 12.5 Å². The minimum atomic E-state index is -0.527. The Balaban J connectivity index is 1.50. The van der Waals surface area contributed by atoms with Crippen LogP contribution in [0.25, 0.3) is 0 Å². The number of amides is 1. The third kappa shape index (κ3) is 6.09. The maximum absolute atomic E-state index is 12.3. The summed E-state index contributed by atoms with van der Waals surface area (Å²) in [5, 5.41) is 3.36. The topological polar surface area (TPSA) is 64.6 Å². The first-order chi connectivity index (χ1) is 14.4. The molecule has 3 rings (SSSR count). The molecule has 0 spiro atoms. The molecule has 5 nitrogen and oxygen atoms in total. The van der Waals surface area contributed by atoms with Crippen molar-refractivity contribution in [3.05, 3.63) is 88.9 Å². The van der Waals surface area contributed by atoms with Gasteiger partial charge in [0.15, 0.2) is 6.61 Å². The fourth-order valence-electron chi connectivity index (χ4n) is 2.66. The molecule has 0 saturated carbocycles. The van der Waals surface area contributed by atoms with Crippen LogP contribution in [0.5, 0.6) is 11.5 Å². The molecule has 3 aromatic carbocycles. The molecule has 0 aliphatic carbocycles. The average Bonchev–Trinajstić information content (AvgIpc) is 2.74. The summed E-state index contributed by atoms with van der Waals surface area (Å²) in [5.74, 6) is 0.567. The van der Waals surface area contributed by atoms with Crippen molar-refractivity contribution in [1.82, 2.24) is 0 Å². The third-order valence-electron chi connectivity index (χ3n) is 4.35. The van der Waals surface area contributed by atoms with Gasteiger partial charge in [0, 0.05) is 16.3 Å². The Labute approximate surface area is 180 Å². The summed E-state index contributed by atoms with van der Waals surface area (Å²) in [6.07, 6.45) is 0. The maximum Gasteiger partial charge on any atom is 0.349 e. The summed E-state index contributed by atoms with van der Waals surface area (Å²) >= 11 is 5.84. The number of benzene rings is 3. The summed E-state index contributed by atoms with van der Waals surface area (Å²) in [5.41, 5.74) is 2.27. The summed E-state index contributed by atoms with van der Waals surface area (Å²) in [7, 11) is 0. The molecule has 0 atom stereocenters. The van der Waals surface area contributed by atoms with E-state index < -0.39 is 5.97 Å². The summed E-state index contributed by atoms with van der Waals surface area (Å²) in [6.45, 7) is 4.01. The zero-order valence-corrected chi connectivity index (χ0v) is 17.5. The van der Waals surface area contributed by atoms with Crippen LogP contribution in [0.1, 0.15) is 35.7 Å². The molecular formula is C24H22ClNO4. The van der Waals surface area contributed by atoms with E-state index in [9.17, 15) is 9.59 Å². The molecule has 0 aliphatic heterocycles. The highest BCUT2D eigenvalue weighted by molar-refractivity contribution is 6.30. The van der Waals surface area contributed by atoms with Crippen LogP contribution in [0.3, 0.4) is 0 Å². The SMILES string of the molecule is CC(C)c1ccc(OCC(=O)Oc2ccc(C(=O)Nc3ccc(Cl)cc3)cc2)cc1. The van der Waals surface area contributed by atoms with Crippen molar-refractivity contribution < 1.29 is 19.1 Å². The molecule has 6 heteroatoms. The quantitative estimate of drug-likeness (QED) is 0.391. The monoisotopic (exact) mass is 423 g/mol. The van der Waals surface area contributed by atoms with Crippen molar-refractivity contribution in [2.75, 3.05) is 11.9 Å². The molecule has 0 fully saturated rings. The Morgan fingerprint density at radius 2 is 1.47 bits per heavy atom. The Bertz CT molecular complexity index is 997. The lowest BCUT2D eigenvalue weighted by atomic mass is 10.0. The number of hydrogen-bond donors (Lipinski definition) is 1. The molecule has 0 aliphatic rings. The van der Waals surface area contributed by atoms with Crippen LogP contribution in [0.2, 0.25) is 5.02 Å². The molecule has 1 N–H and O–H groups in total. The van der Waals surface area contributed by atoms with Gasteiger partial charge in [-0.3, -0.25) is 4.79 Å². The largest absolute Gasteiger partial charge is 0.482 e. The number of rotatable bonds is 7. The van der Waals surface area contributed by atoms with Crippen LogP contribution in [-0.4, -0.2) is 18.5 Å². The molecular weight excluding hydrogens is 402 g/mol. The van der Waals surface area contributed by atoms with E-state index >= 15 is 0 Å². The van der Waals surface area contributed by atoms with E-state index in [2.05, 4.69) is 19.2 Å². The Hall–Kier alpha value is -3.31. The number of hydrogen-bond acceptors (Lipinski definition) is 4. The van der Waals surface area contributed by atoms with Crippen LogP contribution in [0, 0.1) is 0 Å². The molecule has 0 bridgehead atoms. The second kappa shape index (κ2) is 9.94. The normalized spacial score (nSPS) is 10.5. The second-order valence-corrected chi connectivity index (χ2v) is 7.41. The number of carbonyl (C=O) groups excluding carboxylic acids is 2. The minimum Gasteiger partial charge on any atom is -0.482 e. The lowest BCUT2D eigenvalue weighted by Gasteiger charge is -2.09. The van der Waals surface area contributed by atoms with E-state index in [1.54, 1.807) is 48.5 Å². The number of esters is 1. The Kier molecular flexibility index (Phi) is 7.09. The van der Waals surface area contributed by atoms with Crippen LogP contribution < -0.4 is 14.8 Å². The van der Waals surface area contributed by atoms with Gasteiger partial charge in [-0.2, -0.15) is 0 Å². The van der Waals surface area contributed by atoms with Gasteiger partial charge in [-0.1, -0.05) is 37.6 Å². The molecule has 0 saturated heterocycles. The average molecular weight is 424 g/mol. The highest BCUT2D eigenvalue weighted by Crippen LogP contribution is 2.19. The first-order valence-corrected chi connectivity index (χ1v) is 9.89. The number of carbonyl (C=O) groups is 2.